The lowest BCUT2D eigenvalue weighted by molar-refractivity contribution is -0.166. The third-order valence-corrected chi connectivity index (χ3v) is 1.75. The van der Waals surface area contributed by atoms with Gasteiger partial charge >= 0.3 is 0 Å². The van der Waals surface area contributed by atoms with Crippen molar-refractivity contribution in [1.29, 1.82) is 0 Å². The van der Waals surface area contributed by atoms with E-state index in [1.165, 1.54) is 6.92 Å². The molecule has 0 aliphatic heterocycles. The highest BCUT2D eigenvalue weighted by molar-refractivity contribution is 4.86. The van der Waals surface area contributed by atoms with Crippen LogP contribution in [0.4, 0.5) is 8.78 Å². The van der Waals surface area contributed by atoms with Gasteiger partial charge in [-0.1, -0.05) is 13.8 Å². The second-order valence-electron chi connectivity index (χ2n) is 3.76. The Labute approximate surface area is 66.4 Å². The van der Waals surface area contributed by atoms with E-state index in [1.54, 1.807) is 13.8 Å². The van der Waals surface area contributed by atoms with Gasteiger partial charge in [-0.3, -0.25) is 0 Å². The van der Waals surface area contributed by atoms with Crippen LogP contribution >= 0.6 is 0 Å². The van der Waals surface area contributed by atoms with Crippen molar-refractivity contribution in [3.05, 3.63) is 0 Å². The Kier molecular flexibility index (Phi) is 3.00. The van der Waals surface area contributed by atoms with Crippen LogP contribution in [0.3, 0.4) is 0 Å². The summed E-state index contributed by atoms with van der Waals surface area (Å²) in [5.41, 5.74) is -1.87. The zero-order valence-corrected chi connectivity index (χ0v) is 7.49. The van der Waals surface area contributed by atoms with Crippen molar-refractivity contribution in [2.75, 3.05) is 0 Å². The second-order valence-corrected chi connectivity index (χ2v) is 3.76. The summed E-state index contributed by atoms with van der Waals surface area (Å²) in [6, 6.07) is 0. The summed E-state index contributed by atoms with van der Waals surface area (Å²) in [6.45, 7) is 5.53. The Morgan fingerprint density at radius 2 is 1.64 bits per heavy atom. The molecule has 0 saturated carbocycles. The molecule has 0 radical (unpaired) electrons. The zero-order chi connectivity index (χ0) is 9.28. The van der Waals surface area contributed by atoms with E-state index in [4.69, 9.17) is 0 Å². The van der Waals surface area contributed by atoms with E-state index in [0.717, 1.165) is 6.92 Å². The summed E-state index contributed by atoms with van der Waals surface area (Å²) >= 11 is 0. The Balaban J connectivity index is 4.22. The smallest absolute Gasteiger partial charge is 0.273 e. The second kappa shape index (κ2) is 3.05. The predicted molar refractivity (Wildman–Crippen MR) is 40.7 cm³/mol. The molecule has 0 bridgehead atoms. The van der Waals surface area contributed by atoms with E-state index < -0.39 is 11.5 Å². The van der Waals surface area contributed by atoms with E-state index in [9.17, 15) is 13.9 Å². The fourth-order valence-corrected chi connectivity index (χ4v) is 0.974. The van der Waals surface area contributed by atoms with E-state index in [2.05, 4.69) is 0 Å². The molecule has 0 heterocycles. The molecule has 1 atom stereocenters. The molecular weight excluding hydrogens is 150 g/mol. The Hall–Kier alpha value is -0.180. The minimum Gasteiger partial charge on any atom is -0.384 e. The maximum absolute atomic E-state index is 12.6. The van der Waals surface area contributed by atoms with Gasteiger partial charge in [0, 0.05) is 6.92 Å². The molecule has 68 valence electrons. The van der Waals surface area contributed by atoms with Gasteiger partial charge in [-0.2, -0.15) is 0 Å². The molecule has 0 fully saturated rings. The van der Waals surface area contributed by atoms with Crippen LogP contribution in [0, 0.1) is 5.92 Å². The minimum absolute atomic E-state index is 0.0795. The van der Waals surface area contributed by atoms with Gasteiger partial charge in [-0.15, -0.1) is 0 Å². The lowest BCUT2D eigenvalue weighted by Gasteiger charge is -2.31. The van der Waals surface area contributed by atoms with Gasteiger partial charge in [0.2, 0.25) is 0 Å². The van der Waals surface area contributed by atoms with E-state index in [0.29, 0.717) is 0 Å². The molecule has 3 heteroatoms. The van der Waals surface area contributed by atoms with Crippen LogP contribution in [-0.2, 0) is 0 Å². The first-order valence-corrected chi connectivity index (χ1v) is 3.77. The first kappa shape index (κ1) is 10.8. The first-order valence-electron chi connectivity index (χ1n) is 3.77. The lowest BCUT2D eigenvalue weighted by atomic mass is 9.89. The number of halogens is 2. The van der Waals surface area contributed by atoms with Gasteiger partial charge in [0.05, 0.1) is 0 Å². The highest BCUT2D eigenvalue weighted by Crippen LogP contribution is 2.32. The zero-order valence-electron chi connectivity index (χ0n) is 7.49. The molecule has 0 aromatic heterocycles. The standard InChI is InChI=1S/C8H16F2O/c1-6(2)5-7(3,11)8(4,9)10/h6,11H,5H2,1-4H3. The van der Waals surface area contributed by atoms with Gasteiger partial charge in [0.25, 0.3) is 5.92 Å². The van der Waals surface area contributed by atoms with Crippen LogP contribution in [0.15, 0.2) is 0 Å². The monoisotopic (exact) mass is 166 g/mol. The summed E-state index contributed by atoms with van der Waals surface area (Å²) in [5, 5.41) is 9.27. The third-order valence-electron chi connectivity index (χ3n) is 1.75. The van der Waals surface area contributed by atoms with Gasteiger partial charge in [0.1, 0.15) is 5.60 Å². The van der Waals surface area contributed by atoms with Crippen molar-refractivity contribution in [3.8, 4) is 0 Å². The van der Waals surface area contributed by atoms with E-state index >= 15 is 0 Å². The molecule has 0 spiro atoms. The van der Waals surface area contributed by atoms with Crippen LogP contribution in [0.2, 0.25) is 0 Å². The first-order chi connectivity index (χ1) is 4.67. The Morgan fingerprint density at radius 3 is 1.73 bits per heavy atom. The van der Waals surface area contributed by atoms with Crippen LogP contribution in [0.25, 0.3) is 0 Å². The molecule has 0 aliphatic carbocycles. The molecule has 0 aromatic carbocycles. The number of alkyl halides is 2. The van der Waals surface area contributed by atoms with Crippen LogP contribution in [0.1, 0.15) is 34.1 Å². The largest absolute Gasteiger partial charge is 0.384 e. The third kappa shape index (κ3) is 3.14. The molecule has 11 heavy (non-hydrogen) atoms. The van der Waals surface area contributed by atoms with Crippen molar-refractivity contribution in [2.45, 2.75) is 45.6 Å². The van der Waals surface area contributed by atoms with Crippen molar-refractivity contribution < 1.29 is 13.9 Å². The Morgan fingerprint density at radius 1 is 1.27 bits per heavy atom. The summed E-state index contributed by atoms with van der Waals surface area (Å²) in [5.74, 6) is -2.94. The average Bonchev–Trinajstić information content (AvgIpc) is 1.56. The van der Waals surface area contributed by atoms with Gasteiger partial charge < -0.3 is 5.11 Å². The molecule has 1 unspecified atom stereocenters. The van der Waals surface area contributed by atoms with Crippen LogP contribution in [-0.4, -0.2) is 16.6 Å². The SMILES string of the molecule is CC(C)CC(C)(O)C(C)(F)F. The quantitative estimate of drug-likeness (QED) is 0.682. The summed E-state index contributed by atoms with van der Waals surface area (Å²) in [6.07, 6.45) is 0.122. The molecule has 0 amide bonds. The van der Waals surface area contributed by atoms with Crippen LogP contribution in [0.5, 0.6) is 0 Å². The average molecular weight is 166 g/mol. The van der Waals surface area contributed by atoms with Gasteiger partial charge in [-0.25, -0.2) is 8.78 Å². The lowest BCUT2D eigenvalue weighted by Crippen LogP contribution is -2.44. The van der Waals surface area contributed by atoms with Crippen LogP contribution < -0.4 is 0 Å². The fourth-order valence-electron chi connectivity index (χ4n) is 0.974. The molecule has 1 nitrogen and oxygen atoms in total. The predicted octanol–water partition coefficient (Wildman–Crippen LogP) is 2.44. The Bertz CT molecular complexity index is 125. The minimum atomic E-state index is -3.02. The highest BCUT2D eigenvalue weighted by atomic mass is 19.3. The van der Waals surface area contributed by atoms with Crippen molar-refractivity contribution in [2.24, 2.45) is 5.92 Å². The normalized spacial score (nSPS) is 18.5. The van der Waals surface area contributed by atoms with Crippen molar-refractivity contribution in [3.63, 3.8) is 0 Å². The number of hydrogen-bond acceptors (Lipinski definition) is 1. The molecule has 0 aromatic rings. The summed E-state index contributed by atoms with van der Waals surface area (Å²) in [7, 11) is 0. The highest BCUT2D eigenvalue weighted by Gasteiger charge is 2.44. The number of hydrogen-bond donors (Lipinski definition) is 1. The number of rotatable bonds is 3. The van der Waals surface area contributed by atoms with Crippen molar-refractivity contribution >= 4 is 0 Å². The fraction of sp³-hybridized carbons (Fsp3) is 1.00. The van der Waals surface area contributed by atoms with Gasteiger partial charge in [-0.05, 0) is 19.3 Å². The summed E-state index contributed by atoms with van der Waals surface area (Å²) < 4.78 is 25.2. The maximum Gasteiger partial charge on any atom is 0.273 e. The molecule has 1 N–H and O–H groups in total. The van der Waals surface area contributed by atoms with Crippen molar-refractivity contribution in [1.82, 2.24) is 0 Å². The molecular formula is C8H16F2O. The summed E-state index contributed by atoms with van der Waals surface area (Å²) in [4.78, 5) is 0. The van der Waals surface area contributed by atoms with E-state index in [-0.39, 0.29) is 12.3 Å². The molecule has 0 aliphatic rings. The number of aliphatic hydroxyl groups is 1. The van der Waals surface area contributed by atoms with Gasteiger partial charge in [0.15, 0.2) is 0 Å². The topological polar surface area (TPSA) is 20.2 Å². The molecule has 0 rings (SSSR count). The maximum atomic E-state index is 12.6. The van der Waals surface area contributed by atoms with E-state index in [1.807, 2.05) is 0 Å². The molecule has 0 saturated heterocycles.